The standard InChI is InChI=1S/C16H27N5O2/c1-2-17-15(18-12-16(13-22)4-5-16)21-8-6-20(7-9-21)11-14-3-10-23-19-14/h3,10,22H,2,4-9,11-13H2,1H3,(H,17,18). The average Bonchev–Trinajstić information content (AvgIpc) is 3.19. The van der Waals surface area contributed by atoms with Crippen molar-refractivity contribution in [3.05, 3.63) is 18.0 Å². The molecule has 3 rings (SSSR count). The topological polar surface area (TPSA) is 77.1 Å². The van der Waals surface area contributed by atoms with Gasteiger partial charge in [-0.25, -0.2) is 0 Å². The molecule has 0 bridgehead atoms. The van der Waals surface area contributed by atoms with Crippen LogP contribution in [0.2, 0.25) is 0 Å². The third-order valence-electron chi connectivity index (χ3n) is 4.74. The lowest BCUT2D eigenvalue weighted by Gasteiger charge is -2.36. The number of piperazine rings is 1. The Hall–Kier alpha value is -1.60. The van der Waals surface area contributed by atoms with Crippen LogP contribution in [-0.2, 0) is 6.54 Å². The molecule has 23 heavy (non-hydrogen) atoms. The summed E-state index contributed by atoms with van der Waals surface area (Å²) in [4.78, 5) is 9.47. The number of nitrogens with zero attached hydrogens (tertiary/aromatic N) is 4. The average molecular weight is 321 g/mol. The first-order valence-electron chi connectivity index (χ1n) is 8.50. The van der Waals surface area contributed by atoms with Crippen molar-refractivity contribution in [3.63, 3.8) is 0 Å². The molecule has 128 valence electrons. The van der Waals surface area contributed by atoms with Gasteiger partial charge in [-0.3, -0.25) is 9.89 Å². The highest BCUT2D eigenvalue weighted by atomic mass is 16.5. The number of nitrogens with one attached hydrogen (secondary N) is 1. The second-order valence-electron chi connectivity index (χ2n) is 6.58. The number of aliphatic imine (C=N–C) groups is 1. The molecule has 0 amide bonds. The maximum Gasteiger partial charge on any atom is 0.194 e. The molecule has 2 fully saturated rings. The molecule has 0 aromatic carbocycles. The van der Waals surface area contributed by atoms with Crippen LogP contribution >= 0.6 is 0 Å². The number of aromatic nitrogens is 1. The van der Waals surface area contributed by atoms with Gasteiger partial charge >= 0.3 is 0 Å². The maximum atomic E-state index is 9.44. The Morgan fingerprint density at radius 1 is 1.39 bits per heavy atom. The van der Waals surface area contributed by atoms with E-state index in [1.54, 1.807) is 6.26 Å². The van der Waals surface area contributed by atoms with Crippen molar-refractivity contribution < 1.29 is 9.63 Å². The molecular formula is C16H27N5O2. The molecule has 2 heterocycles. The van der Waals surface area contributed by atoms with Crippen molar-refractivity contribution in [2.24, 2.45) is 10.4 Å². The molecule has 1 saturated heterocycles. The van der Waals surface area contributed by atoms with Crippen LogP contribution in [0.15, 0.2) is 21.8 Å². The minimum Gasteiger partial charge on any atom is -0.396 e. The highest BCUT2D eigenvalue weighted by molar-refractivity contribution is 5.80. The van der Waals surface area contributed by atoms with Crippen LogP contribution < -0.4 is 5.32 Å². The molecule has 1 aliphatic carbocycles. The van der Waals surface area contributed by atoms with Gasteiger partial charge in [0.15, 0.2) is 5.96 Å². The van der Waals surface area contributed by atoms with Gasteiger partial charge < -0.3 is 19.8 Å². The first-order valence-corrected chi connectivity index (χ1v) is 8.50. The summed E-state index contributed by atoms with van der Waals surface area (Å²) in [6, 6.07) is 1.92. The van der Waals surface area contributed by atoms with Crippen LogP contribution in [0.25, 0.3) is 0 Å². The molecule has 2 aliphatic rings. The van der Waals surface area contributed by atoms with Gasteiger partial charge in [0.25, 0.3) is 0 Å². The molecular weight excluding hydrogens is 294 g/mol. The summed E-state index contributed by atoms with van der Waals surface area (Å²) in [7, 11) is 0. The molecule has 1 aromatic rings. The van der Waals surface area contributed by atoms with Crippen molar-refractivity contribution in [2.45, 2.75) is 26.3 Å². The first kappa shape index (κ1) is 16.3. The predicted molar refractivity (Wildman–Crippen MR) is 88.1 cm³/mol. The van der Waals surface area contributed by atoms with E-state index >= 15 is 0 Å². The molecule has 1 aromatic heterocycles. The fourth-order valence-electron chi connectivity index (χ4n) is 2.88. The van der Waals surface area contributed by atoms with Gasteiger partial charge in [-0.15, -0.1) is 0 Å². The zero-order valence-electron chi connectivity index (χ0n) is 13.9. The lowest BCUT2D eigenvalue weighted by atomic mass is 10.1. The molecule has 0 atom stereocenters. The highest BCUT2D eigenvalue weighted by Crippen LogP contribution is 2.45. The molecule has 7 heteroatoms. The van der Waals surface area contributed by atoms with E-state index in [9.17, 15) is 5.11 Å². The molecule has 0 spiro atoms. The summed E-state index contributed by atoms with van der Waals surface area (Å²) in [6.45, 7) is 8.66. The lowest BCUT2D eigenvalue weighted by molar-refractivity contribution is 0.168. The van der Waals surface area contributed by atoms with Gasteiger partial charge in [0.05, 0.1) is 18.8 Å². The van der Waals surface area contributed by atoms with E-state index in [-0.39, 0.29) is 12.0 Å². The summed E-state index contributed by atoms with van der Waals surface area (Å²) < 4.78 is 4.89. The molecule has 0 unspecified atom stereocenters. The fourth-order valence-corrected chi connectivity index (χ4v) is 2.88. The number of aliphatic hydroxyl groups is 1. The van der Waals surface area contributed by atoms with Gasteiger partial charge in [0.1, 0.15) is 6.26 Å². The van der Waals surface area contributed by atoms with Gasteiger partial charge in [-0.05, 0) is 19.8 Å². The van der Waals surface area contributed by atoms with E-state index in [4.69, 9.17) is 9.52 Å². The summed E-state index contributed by atoms with van der Waals surface area (Å²) in [5.41, 5.74) is 1.05. The monoisotopic (exact) mass is 321 g/mol. The van der Waals surface area contributed by atoms with Crippen molar-refractivity contribution in [3.8, 4) is 0 Å². The summed E-state index contributed by atoms with van der Waals surface area (Å²) in [6.07, 6.45) is 3.81. The van der Waals surface area contributed by atoms with Crippen LogP contribution in [-0.4, -0.2) is 71.9 Å². The van der Waals surface area contributed by atoms with Gasteiger partial charge in [-0.1, -0.05) is 5.16 Å². The minimum atomic E-state index is 0.0649. The Morgan fingerprint density at radius 3 is 2.74 bits per heavy atom. The summed E-state index contributed by atoms with van der Waals surface area (Å²) in [5, 5.41) is 16.8. The van der Waals surface area contributed by atoms with Crippen molar-refractivity contribution in [1.29, 1.82) is 0 Å². The SMILES string of the molecule is CCNC(=NCC1(CO)CC1)N1CCN(Cc2ccon2)CC1. The van der Waals surface area contributed by atoms with E-state index in [1.165, 1.54) is 0 Å². The van der Waals surface area contributed by atoms with E-state index in [2.05, 4.69) is 27.2 Å². The number of hydrogen-bond donors (Lipinski definition) is 2. The van der Waals surface area contributed by atoms with E-state index in [0.29, 0.717) is 0 Å². The minimum absolute atomic E-state index is 0.0649. The van der Waals surface area contributed by atoms with Crippen molar-refractivity contribution in [1.82, 2.24) is 20.3 Å². The van der Waals surface area contributed by atoms with E-state index in [1.807, 2.05) is 6.07 Å². The van der Waals surface area contributed by atoms with E-state index < -0.39 is 0 Å². The van der Waals surface area contributed by atoms with Crippen LogP contribution in [0, 0.1) is 5.41 Å². The number of rotatable bonds is 6. The Balaban J connectivity index is 1.52. The van der Waals surface area contributed by atoms with Crippen molar-refractivity contribution in [2.75, 3.05) is 45.9 Å². The maximum absolute atomic E-state index is 9.44. The Kier molecular flexibility index (Phi) is 5.17. The van der Waals surface area contributed by atoms with Gasteiger partial charge in [0.2, 0.25) is 0 Å². The first-order chi connectivity index (χ1) is 11.2. The van der Waals surface area contributed by atoms with Crippen LogP contribution in [0.4, 0.5) is 0 Å². The Bertz CT molecular complexity index is 505. The predicted octanol–water partition coefficient (Wildman–Crippen LogP) is 0.530. The Morgan fingerprint density at radius 2 is 2.17 bits per heavy atom. The van der Waals surface area contributed by atoms with Crippen LogP contribution in [0.3, 0.4) is 0 Å². The second-order valence-corrected chi connectivity index (χ2v) is 6.58. The molecule has 0 radical (unpaired) electrons. The van der Waals surface area contributed by atoms with Gasteiger partial charge in [-0.2, -0.15) is 0 Å². The highest BCUT2D eigenvalue weighted by Gasteiger charge is 2.42. The third-order valence-corrected chi connectivity index (χ3v) is 4.74. The Labute approximate surface area is 137 Å². The third kappa shape index (κ3) is 4.23. The molecule has 1 aliphatic heterocycles. The van der Waals surface area contributed by atoms with Crippen LogP contribution in [0.5, 0.6) is 0 Å². The normalized spacial score (nSPS) is 21.5. The zero-order chi connectivity index (χ0) is 16.1. The van der Waals surface area contributed by atoms with Gasteiger partial charge in [0, 0.05) is 50.7 Å². The fraction of sp³-hybridized carbons (Fsp3) is 0.750. The number of aliphatic hydroxyl groups excluding tert-OH is 1. The lowest BCUT2D eigenvalue weighted by Crippen LogP contribution is -2.52. The second kappa shape index (κ2) is 7.31. The molecule has 7 nitrogen and oxygen atoms in total. The molecule has 2 N–H and O–H groups in total. The quantitative estimate of drug-likeness (QED) is 0.588. The number of hydrogen-bond acceptors (Lipinski definition) is 5. The van der Waals surface area contributed by atoms with Crippen molar-refractivity contribution >= 4 is 5.96 Å². The summed E-state index contributed by atoms with van der Waals surface area (Å²) in [5.74, 6) is 0.980. The van der Waals surface area contributed by atoms with Crippen LogP contribution in [0.1, 0.15) is 25.5 Å². The van der Waals surface area contributed by atoms with E-state index in [0.717, 1.165) is 70.3 Å². The smallest absolute Gasteiger partial charge is 0.194 e. The number of guanidine groups is 1. The molecule has 1 saturated carbocycles. The zero-order valence-corrected chi connectivity index (χ0v) is 13.9. The summed E-state index contributed by atoms with van der Waals surface area (Å²) >= 11 is 0. The largest absolute Gasteiger partial charge is 0.396 e.